The van der Waals surface area contributed by atoms with Gasteiger partial charge in [0, 0.05) is 30.8 Å². The number of aliphatic hydroxyl groups is 1. The molecule has 2 aliphatic heterocycles. The molecule has 4 rings (SSSR count). The largest absolute Gasteiger partial charge is 0.381 e. The van der Waals surface area contributed by atoms with E-state index in [9.17, 15) is 13.9 Å². The Morgan fingerprint density at radius 3 is 2.65 bits per heavy atom. The predicted molar refractivity (Wildman–Crippen MR) is 89.2 cm³/mol. The van der Waals surface area contributed by atoms with Crippen LogP contribution in [0.1, 0.15) is 25.3 Å². The molecule has 0 saturated carbocycles. The minimum absolute atomic E-state index is 0.0152. The van der Waals surface area contributed by atoms with Gasteiger partial charge in [0.15, 0.2) is 0 Å². The van der Waals surface area contributed by atoms with Crippen LogP contribution in [0.4, 0.5) is 8.78 Å². The van der Waals surface area contributed by atoms with Crippen molar-refractivity contribution in [3.63, 3.8) is 0 Å². The summed E-state index contributed by atoms with van der Waals surface area (Å²) in [6.45, 7) is 4.19. The number of nitrogens with zero attached hydrogens (tertiary/aromatic N) is 4. The van der Waals surface area contributed by atoms with E-state index in [0.29, 0.717) is 0 Å². The van der Waals surface area contributed by atoms with Gasteiger partial charge in [0.05, 0.1) is 18.8 Å². The molecule has 0 aliphatic carbocycles. The Labute approximate surface area is 150 Å². The molecule has 2 atom stereocenters. The molecular formula is C18H22F2N4O2. The zero-order chi connectivity index (χ0) is 18.4. The second kappa shape index (κ2) is 6.37. The topological polar surface area (TPSA) is 66.7 Å². The van der Waals surface area contributed by atoms with Crippen LogP contribution in [0.15, 0.2) is 30.9 Å². The third kappa shape index (κ3) is 3.13. The van der Waals surface area contributed by atoms with Crippen LogP contribution < -0.4 is 0 Å². The van der Waals surface area contributed by atoms with Crippen LogP contribution in [0.25, 0.3) is 0 Å². The fraction of sp³-hybridized carbons (Fsp3) is 0.556. The van der Waals surface area contributed by atoms with Gasteiger partial charge in [-0.15, -0.1) is 0 Å². The molecular weight excluding hydrogens is 342 g/mol. The van der Waals surface area contributed by atoms with Crippen molar-refractivity contribution in [3.8, 4) is 0 Å². The summed E-state index contributed by atoms with van der Waals surface area (Å²) in [5.41, 5.74) is -1.51. The van der Waals surface area contributed by atoms with Gasteiger partial charge in [-0.05, 0) is 25.8 Å². The van der Waals surface area contributed by atoms with Crippen molar-refractivity contribution >= 4 is 0 Å². The molecule has 3 heterocycles. The third-order valence-electron chi connectivity index (χ3n) is 5.77. The zero-order valence-electron chi connectivity index (χ0n) is 14.6. The molecule has 1 aromatic heterocycles. The Kier molecular flexibility index (Phi) is 4.29. The second-order valence-corrected chi connectivity index (χ2v) is 7.33. The van der Waals surface area contributed by atoms with Crippen molar-refractivity contribution in [1.82, 2.24) is 19.7 Å². The molecule has 0 bridgehead atoms. The van der Waals surface area contributed by atoms with Crippen LogP contribution in [0.2, 0.25) is 0 Å². The summed E-state index contributed by atoms with van der Waals surface area (Å²) in [7, 11) is 0. The van der Waals surface area contributed by atoms with Gasteiger partial charge < -0.3 is 9.84 Å². The first-order chi connectivity index (χ1) is 12.4. The summed E-state index contributed by atoms with van der Waals surface area (Å²) in [6.07, 6.45) is 4.62. The highest BCUT2D eigenvalue weighted by Crippen LogP contribution is 2.40. The van der Waals surface area contributed by atoms with Gasteiger partial charge in [0.1, 0.15) is 29.9 Å². The van der Waals surface area contributed by atoms with Crippen molar-refractivity contribution < 1.29 is 18.6 Å². The molecule has 1 aromatic carbocycles. The summed E-state index contributed by atoms with van der Waals surface area (Å²) in [5.74, 6) is -1.44. The van der Waals surface area contributed by atoms with E-state index in [2.05, 4.69) is 15.0 Å². The number of hydrogen-bond donors (Lipinski definition) is 1. The highest BCUT2D eigenvalue weighted by molar-refractivity contribution is 5.27. The quantitative estimate of drug-likeness (QED) is 0.818. The van der Waals surface area contributed by atoms with Crippen molar-refractivity contribution in [3.05, 3.63) is 48.1 Å². The summed E-state index contributed by atoms with van der Waals surface area (Å²) in [4.78, 5) is 6.02. The first-order valence-corrected chi connectivity index (χ1v) is 8.80. The molecule has 0 unspecified atom stereocenters. The van der Waals surface area contributed by atoms with Gasteiger partial charge in [0.2, 0.25) is 0 Å². The first kappa shape index (κ1) is 17.5. The normalized spacial score (nSPS) is 22.9. The zero-order valence-corrected chi connectivity index (χ0v) is 14.6. The van der Waals surface area contributed by atoms with Crippen LogP contribution >= 0.6 is 0 Å². The van der Waals surface area contributed by atoms with Crippen molar-refractivity contribution in [2.24, 2.45) is 0 Å². The lowest BCUT2D eigenvalue weighted by molar-refractivity contribution is -0.0726. The van der Waals surface area contributed by atoms with Gasteiger partial charge in [-0.2, -0.15) is 5.10 Å². The first-order valence-electron chi connectivity index (χ1n) is 8.80. The number of benzene rings is 1. The molecule has 0 radical (unpaired) electrons. The van der Waals surface area contributed by atoms with E-state index in [1.807, 2.05) is 6.92 Å². The van der Waals surface area contributed by atoms with Gasteiger partial charge in [-0.3, -0.25) is 4.90 Å². The molecule has 2 aliphatic rings. The van der Waals surface area contributed by atoms with E-state index in [-0.39, 0.29) is 17.7 Å². The number of halogens is 2. The monoisotopic (exact) mass is 364 g/mol. The molecule has 2 saturated heterocycles. The minimum atomic E-state index is -1.58. The second-order valence-electron chi connectivity index (χ2n) is 7.33. The molecule has 0 amide bonds. The predicted octanol–water partition coefficient (Wildman–Crippen LogP) is 1.70. The van der Waals surface area contributed by atoms with Gasteiger partial charge in [-0.25, -0.2) is 18.4 Å². The number of epoxide rings is 1. The van der Waals surface area contributed by atoms with Gasteiger partial charge >= 0.3 is 0 Å². The molecule has 2 aromatic rings. The summed E-state index contributed by atoms with van der Waals surface area (Å²) < 4.78 is 34.9. The standard InChI is InChI=1S/C18H22F2N4O2/c1-13(23-6-4-17(5-7-23)10-26-17)18(25,9-24-12-21-11-22-24)15-3-2-14(19)8-16(15)20/h2-3,8,11-13,25H,4-7,9-10H2,1H3/t13-,18-/m1/s1. The van der Waals surface area contributed by atoms with E-state index in [1.54, 1.807) is 0 Å². The maximum absolute atomic E-state index is 14.6. The Hall–Kier alpha value is -1.90. The molecule has 2 fully saturated rings. The van der Waals surface area contributed by atoms with Crippen LogP contribution in [-0.4, -0.2) is 56.1 Å². The van der Waals surface area contributed by atoms with Crippen molar-refractivity contribution in [1.29, 1.82) is 0 Å². The maximum Gasteiger partial charge on any atom is 0.137 e. The average Bonchev–Trinajstić information content (AvgIpc) is 3.16. The van der Waals surface area contributed by atoms with Crippen LogP contribution in [0, 0.1) is 11.6 Å². The molecule has 26 heavy (non-hydrogen) atoms. The molecule has 1 spiro atoms. The average molecular weight is 364 g/mol. The van der Waals surface area contributed by atoms with Crippen molar-refractivity contribution in [2.75, 3.05) is 19.7 Å². The molecule has 1 N–H and O–H groups in total. The number of ether oxygens (including phenoxy) is 1. The van der Waals surface area contributed by atoms with Crippen LogP contribution in [0.5, 0.6) is 0 Å². The summed E-state index contributed by atoms with van der Waals surface area (Å²) >= 11 is 0. The fourth-order valence-corrected chi connectivity index (χ4v) is 3.86. The van der Waals surface area contributed by atoms with E-state index in [0.717, 1.165) is 38.6 Å². The van der Waals surface area contributed by atoms with Crippen molar-refractivity contribution in [2.45, 2.75) is 43.6 Å². The van der Waals surface area contributed by atoms with E-state index >= 15 is 0 Å². The van der Waals surface area contributed by atoms with Crippen LogP contribution in [-0.2, 0) is 16.9 Å². The maximum atomic E-state index is 14.6. The number of hydrogen-bond acceptors (Lipinski definition) is 5. The Morgan fingerprint density at radius 2 is 2.08 bits per heavy atom. The Morgan fingerprint density at radius 1 is 1.35 bits per heavy atom. The lowest BCUT2D eigenvalue weighted by Crippen LogP contribution is -2.54. The number of likely N-dealkylation sites (tertiary alicyclic amines) is 1. The Balaban J connectivity index is 1.65. The lowest BCUT2D eigenvalue weighted by Gasteiger charge is -2.43. The third-order valence-corrected chi connectivity index (χ3v) is 5.77. The number of piperidine rings is 1. The lowest BCUT2D eigenvalue weighted by atomic mass is 9.84. The fourth-order valence-electron chi connectivity index (χ4n) is 3.86. The summed E-state index contributed by atoms with van der Waals surface area (Å²) in [5, 5.41) is 15.6. The minimum Gasteiger partial charge on any atom is -0.381 e. The molecule has 8 heteroatoms. The van der Waals surface area contributed by atoms with E-state index in [4.69, 9.17) is 4.74 Å². The SMILES string of the molecule is C[C@@H](N1CCC2(CC1)CO2)[C@](O)(Cn1cncn1)c1ccc(F)cc1F. The van der Waals surface area contributed by atoms with E-state index < -0.39 is 23.3 Å². The Bertz CT molecular complexity index is 772. The van der Waals surface area contributed by atoms with Gasteiger partial charge in [-0.1, -0.05) is 6.07 Å². The highest BCUT2D eigenvalue weighted by Gasteiger charge is 2.49. The van der Waals surface area contributed by atoms with E-state index in [1.165, 1.54) is 29.5 Å². The number of aromatic nitrogens is 3. The van der Waals surface area contributed by atoms with Gasteiger partial charge in [0.25, 0.3) is 0 Å². The summed E-state index contributed by atoms with van der Waals surface area (Å²) in [6, 6.07) is 2.88. The molecule has 6 nitrogen and oxygen atoms in total. The number of rotatable bonds is 5. The smallest absolute Gasteiger partial charge is 0.137 e. The van der Waals surface area contributed by atoms with Crippen LogP contribution in [0.3, 0.4) is 0 Å². The molecule has 140 valence electrons. The highest BCUT2D eigenvalue weighted by atomic mass is 19.1.